The molecule has 1 unspecified atom stereocenters. The summed E-state index contributed by atoms with van der Waals surface area (Å²) in [4.78, 5) is 18.4. The minimum Gasteiger partial charge on any atom is -0.436 e. The fourth-order valence-electron chi connectivity index (χ4n) is 2.58. The minimum absolute atomic E-state index is 0.0914. The average molecular weight is 252 g/mol. The summed E-state index contributed by atoms with van der Waals surface area (Å²) in [6.07, 6.45) is 3.72. The summed E-state index contributed by atoms with van der Waals surface area (Å²) in [6, 6.07) is 0.126. The fourth-order valence-corrected chi connectivity index (χ4v) is 2.58. The Kier molecular flexibility index (Phi) is 4.01. The van der Waals surface area contributed by atoms with E-state index in [0.717, 1.165) is 25.8 Å². The molecule has 0 spiro atoms. The molecule has 1 amide bonds. The predicted octanol–water partition coefficient (Wildman–Crippen LogP) is 1.67. The number of rotatable bonds is 3. The highest BCUT2D eigenvalue weighted by molar-refractivity contribution is 5.92. The molecule has 0 radical (unpaired) electrons. The molecule has 1 aliphatic heterocycles. The Morgan fingerprint density at radius 2 is 2.28 bits per heavy atom. The summed E-state index contributed by atoms with van der Waals surface area (Å²) in [6.45, 7) is 4.38. The van der Waals surface area contributed by atoms with E-state index in [1.165, 1.54) is 0 Å². The zero-order chi connectivity index (χ0) is 13.1. The first-order valence-electron chi connectivity index (χ1n) is 6.49. The van der Waals surface area contributed by atoms with Crippen molar-refractivity contribution in [1.82, 2.24) is 9.88 Å². The molecule has 1 atom stereocenters. The van der Waals surface area contributed by atoms with Gasteiger partial charge in [0.05, 0.1) is 5.69 Å². The molecular formula is C13H20N2O3. The van der Waals surface area contributed by atoms with Gasteiger partial charge in [-0.15, -0.1) is 0 Å². The zero-order valence-corrected chi connectivity index (χ0v) is 11.0. The molecule has 5 nitrogen and oxygen atoms in total. The Morgan fingerprint density at radius 1 is 1.50 bits per heavy atom. The third-order valence-electron chi connectivity index (χ3n) is 3.45. The van der Waals surface area contributed by atoms with E-state index >= 15 is 0 Å². The molecule has 1 saturated heterocycles. The van der Waals surface area contributed by atoms with Gasteiger partial charge < -0.3 is 14.4 Å². The van der Waals surface area contributed by atoms with E-state index in [-0.39, 0.29) is 18.6 Å². The smallest absolute Gasteiger partial charge is 0.291 e. The van der Waals surface area contributed by atoms with Crippen molar-refractivity contribution in [2.24, 2.45) is 0 Å². The van der Waals surface area contributed by atoms with Crippen LogP contribution in [0.1, 0.15) is 47.8 Å². The van der Waals surface area contributed by atoms with Gasteiger partial charge in [-0.1, -0.05) is 0 Å². The molecule has 5 heteroatoms. The standard InChI is InChI=1S/C13H20N2O3/c1-9-12(18-10(2)14-9)13(17)15-7-4-3-5-11(15)6-8-16/h11,16H,3-8H2,1-2H3. The van der Waals surface area contributed by atoms with Crippen LogP contribution in [-0.2, 0) is 0 Å². The number of amides is 1. The second kappa shape index (κ2) is 5.52. The maximum atomic E-state index is 12.4. The van der Waals surface area contributed by atoms with Crippen LogP contribution in [-0.4, -0.2) is 40.1 Å². The van der Waals surface area contributed by atoms with Gasteiger partial charge in [-0.3, -0.25) is 4.79 Å². The summed E-state index contributed by atoms with van der Waals surface area (Å²) < 4.78 is 5.39. The van der Waals surface area contributed by atoms with Gasteiger partial charge in [-0.2, -0.15) is 0 Å². The lowest BCUT2D eigenvalue weighted by molar-refractivity contribution is 0.0540. The van der Waals surface area contributed by atoms with Crippen LogP contribution in [0.25, 0.3) is 0 Å². The van der Waals surface area contributed by atoms with Gasteiger partial charge in [-0.05, 0) is 32.6 Å². The first kappa shape index (κ1) is 13.1. The highest BCUT2D eigenvalue weighted by Crippen LogP contribution is 2.23. The number of likely N-dealkylation sites (tertiary alicyclic amines) is 1. The molecule has 0 aromatic carbocycles. The molecule has 1 fully saturated rings. The van der Waals surface area contributed by atoms with Gasteiger partial charge in [0.1, 0.15) is 0 Å². The fraction of sp³-hybridized carbons (Fsp3) is 0.692. The number of carbonyl (C=O) groups is 1. The molecule has 0 aliphatic carbocycles. The van der Waals surface area contributed by atoms with Crippen molar-refractivity contribution in [2.75, 3.05) is 13.2 Å². The van der Waals surface area contributed by atoms with Crippen LogP contribution in [0.5, 0.6) is 0 Å². The average Bonchev–Trinajstić information content (AvgIpc) is 2.69. The SMILES string of the molecule is Cc1nc(C)c(C(=O)N2CCCCC2CCO)o1. The number of nitrogens with zero attached hydrogens (tertiary/aromatic N) is 2. The maximum Gasteiger partial charge on any atom is 0.291 e. The van der Waals surface area contributed by atoms with E-state index in [4.69, 9.17) is 9.52 Å². The number of hydrogen-bond acceptors (Lipinski definition) is 4. The van der Waals surface area contributed by atoms with Crippen molar-refractivity contribution in [2.45, 2.75) is 45.6 Å². The van der Waals surface area contributed by atoms with Crippen LogP contribution in [0.2, 0.25) is 0 Å². The van der Waals surface area contributed by atoms with Crippen molar-refractivity contribution >= 4 is 5.91 Å². The third-order valence-corrected chi connectivity index (χ3v) is 3.45. The molecule has 0 saturated carbocycles. The first-order valence-corrected chi connectivity index (χ1v) is 6.49. The number of oxazole rings is 1. The Morgan fingerprint density at radius 3 is 2.89 bits per heavy atom. The van der Waals surface area contributed by atoms with Crippen LogP contribution in [0.15, 0.2) is 4.42 Å². The molecule has 1 aromatic heterocycles. The maximum absolute atomic E-state index is 12.4. The summed E-state index contributed by atoms with van der Waals surface area (Å²) in [5, 5.41) is 9.07. The monoisotopic (exact) mass is 252 g/mol. The van der Waals surface area contributed by atoms with Gasteiger partial charge in [0.2, 0.25) is 5.76 Å². The number of hydrogen-bond donors (Lipinski definition) is 1. The molecular weight excluding hydrogens is 232 g/mol. The highest BCUT2D eigenvalue weighted by atomic mass is 16.4. The summed E-state index contributed by atoms with van der Waals surface area (Å²) in [7, 11) is 0. The molecule has 0 bridgehead atoms. The van der Waals surface area contributed by atoms with Crippen LogP contribution in [0, 0.1) is 13.8 Å². The molecule has 100 valence electrons. The number of aromatic nitrogens is 1. The molecule has 2 rings (SSSR count). The first-order chi connectivity index (χ1) is 8.63. The van der Waals surface area contributed by atoms with Crippen molar-refractivity contribution in [1.29, 1.82) is 0 Å². The van der Waals surface area contributed by atoms with E-state index in [2.05, 4.69) is 4.98 Å². The van der Waals surface area contributed by atoms with Crippen LogP contribution in [0.4, 0.5) is 0 Å². The van der Waals surface area contributed by atoms with Crippen molar-refractivity contribution in [3.05, 3.63) is 17.3 Å². The van der Waals surface area contributed by atoms with Crippen LogP contribution >= 0.6 is 0 Å². The zero-order valence-electron chi connectivity index (χ0n) is 11.0. The third kappa shape index (κ3) is 2.56. The predicted molar refractivity (Wildman–Crippen MR) is 66.4 cm³/mol. The molecule has 18 heavy (non-hydrogen) atoms. The summed E-state index contributed by atoms with van der Waals surface area (Å²) in [5.74, 6) is 0.773. The Labute approximate surface area is 107 Å². The number of piperidine rings is 1. The molecule has 1 N–H and O–H groups in total. The number of carbonyl (C=O) groups excluding carboxylic acids is 1. The second-order valence-corrected chi connectivity index (χ2v) is 4.81. The van der Waals surface area contributed by atoms with Gasteiger partial charge in [0, 0.05) is 26.1 Å². The van der Waals surface area contributed by atoms with Gasteiger partial charge in [0.25, 0.3) is 5.91 Å². The van der Waals surface area contributed by atoms with E-state index in [0.29, 0.717) is 23.8 Å². The molecule has 1 aliphatic rings. The molecule has 1 aromatic rings. The molecule has 2 heterocycles. The summed E-state index contributed by atoms with van der Waals surface area (Å²) in [5.41, 5.74) is 0.644. The van der Waals surface area contributed by atoms with E-state index in [1.807, 2.05) is 4.90 Å². The van der Waals surface area contributed by atoms with E-state index in [1.54, 1.807) is 13.8 Å². The van der Waals surface area contributed by atoms with E-state index < -0.39 is 0 Å². The second-order valence-electron chi connectivity index (χ2n) is 4.81. The lowest BCUT2D eigenvalue weighted by Gasteiger charge is -2.35. The summed E-state index contributed by atoms with van der Waals surface area (Å²) >= 11 is 0. The van der Waals surface area contributed by atoms with Crippen LogP contribution < -0.4 is 0 Å². The topological polar surface area (TPSA) is 66.6 Å². The van der Waals surface area contributed by atoms with Gasteiger partial charge in [0.15, 0.2) is 5.89 Å². The Balaban J connectivity index is 2.18. The number of aliphatic hydroxyl groups excluding tert-OH is 1. The number of aryl methyl sites for hydroxylation is 2. The lowest BCUT2D eigenvalue weighted by Crippen LogP contribution is -2.44. The van der Waals surface area contributed by atoms with Gasteiger partial charge >= 0.3 is 0 Å². The van der Waals surface area contributed by atoms with E-state index in [9.17, 15) is 4.79 Å². The van der Waals surface area contributed by atoms with Crippen molar-refractivity contribution in [3.63, 3.8) is 0 Å². The normalized spacial score (nSPS) is 20.2. The Bertz CT molecular complexity index is 426. The lowest BCUT2D eigenvalue weighted by atomic mass is 9.99. The Hall–Kier alpha value is -1.36. The van der Waals surface area contributed by atoms with Crippen molar-refractivity contribution < 1.29 is 14.3 Å². The van der Waals surface area contributed by atoms with Crippen LogP contribution in [0.3, 0.4) is 0 Å². The highest BCUT2D eigenvalue weighted by Gasteiger charge is 2.30. The quantitative estimate of drug-likeness (QED) is 0.888. The largest absolute Gasteiger partial charge is 0.436 e. The van der Waals surface area contributed by atoms with Crippen molar-refractivity contribution in [3.8, 4) is 0 Å². The minimum atomic E-state index is -0.0914. The number of aliphatic hydroxyl groups is 1. The van der Waals surface area contributed by atoms with Gasteiger partial charge in [-0.25, -0.2) is 4.98 Å².